The van der Waals surface area contributed by atoms with Crippen LogP contribution in [0.15, 0.2) is 24.3 Å². The molecule has 3 amide bonds. The van der Waals surface area contributed by atoms with Crippen molar-refractivity contribution in [3.63, 3.8) is 0 Å². The maximum absolute atomic E-state index is 13.5. The molecule has 1 saturated carbocycles. The van der Waals surface area contributed by atoms with E-state index in [2.05, 4.69) is 10.6 Å². The first-order valence-electron chi connectivity index (χ1n) is 11.1. The summed E-state index contributed by atoms with van der Waals surface area (Å²) in [7, 11) is 0. The van der Waals surface area contributed by atoms with Crippen LogP contribution in [0.3, 0.4) is 0 Å². The lowest BCUT2D eigenvalue weighted by Gasteiger charge is -2.43. The molecule has 7 nitrogen and oxygen atoms in total. The Hall–Kier alpha value is -2.57. The van der Waals surface area contributed by atoms with E-state index in [0.29, 0.717) is 0 Å². The van der Waals surface area contributed by atoms with Gasteiger partial charge in [0, 0.05) is 12.1 Å². The van der Waals surface area contributed by atoms with Gasteiger partial charge in [-0.3, -0.25) is 9.59 Å². The van der Waals surface area contributed by atoms with Crippen molar-refractivity contribution in [3.05, 3.63) is 35.4 Å². The molecule has 172 valence electrons. The van der Waals surface area contributed by atoms with Crippen molar-refractivity contribution in [1.82, 2.24) is 15.5 Å². The van der Waals surface area contributed by atoms with Crippen LogP contribution in [0.5, 0.6) is 0 Å². The zero-order valence-electron chi connectivity index (χ0n) is 19.8. The van der Waals surface area contributed by atoms with Crippen molar-refractivity contribution in [2.75, 3.05) is 0 Å². The second kappa shape index (κ2) is 10.2. The molecule has 0 spiro atoms. The summed E-state index contributed by atoms with van der Waals surface area (Å²) in [6.07, 6.45) is 2.03. The van der Waals surface area contributed by atoms with Crippen LogP contribution in [0, 0.1) is 6.92 Å². The Kier molecular flexibility index (Phi) is 8.09. The number of nitrogens with zero attached hydrogens (tertiary/aromatic N) is 1. The first kappa shape index (κ1) is 24.7. The van der Waals surface area contributed by atoms with Gasteiger partial charge in [0.1, 0.15) is 17.7 Å². The van der Waals surface area contributed by atoms with Gasteiger partial charge in [-0.1, -0.05) is 29.8 Å². The average Bonchev–Trinajstić information content (AvgIpc) is 2.56. The number of carbonyl (C=O) groups excluding carboxylic acids is 3. The normalized spacial score (nSPS) is 16.1. The van der Waals surface area contributed by atoms with Crippen LogP contribution in [0.1, 0.15) is 78.0 Å². The number of benzene rings is 1. The number of carbonyl (C=O) groups is 3. The summed E-state index contributed by atoms with van der Waals surface area (Å²) in [6, 6.07) is 5.99. The molecule has 0 aliphatic heterocycles. The molecule has 0 saturated heterocycles. The first-order valence-corrected chi connectivity index (χ1v) is 11.1. The van der Waals surface area contributed by atoms with Gasteiger partial charge in [0.2, 0.25) is 11.8 Å². The molecule has 1 aromatic rings. The number of hydrogen-bond donors (Lipinski definition) is 2. The van der Waals surface area contributed by atoms with Crippen molar-refractivity contribution in [1.29, 1.82) is 0 Å². The maximum atomic E-state index is 13.5. The van der Waals surface area contributed by atoms with Gasteiger partial charge in [0.25, 0.3) is 0 Å². The SMILES string of the molecule is Cc1cccc(C(C(=O)NC(C)C)N(C(=O)C(C)NC(=O)OC(C)(C)C)C2CCC2)c1. The third-order valence-electron chi connectivity index (χ3n) is 5.14. The summed E-state index contributed by atoms with van der Waals surface area (Å²) in [5.41, 5.74) is 1.12. The highest BCUT2D eigenvalue weighted by Gasteiger charge is 2.41. The van der Waals surface area contributed by atoms with Gasteiger partial charge in [-0.2, -0.15) is 0 Å². The number of aryl methyl sites for hydroxylation is 1. The van der Waals surface area contributed by atoms with Gasteiger partial charge in [0.05, 0.1) is 0 Å². The Morgan fingerprint density at radius 1 is 1.10 bits per heavy atom. The number of ether oxygens (including phenoxy) is 1. The predicted octanol–water partition coefficient (Wildman–Crippen LogP) is 3.86. The number of nitrogens with one attached hydrogen (secondary N) is 2. The monoisotopic (exact) mass is 431 g/mol. The van der Waals surface area contributed by atoms with E-state index in [9.17, 15) is 14.4 Å². The van der Waals surface area contributed by atoms with Crippen molar-refractivity contribution in [3.8, 4) is 0 Å². The third kappa shape index (κ3) is 6.97. The molecule has 1 aliphatic carbocycles. The molecule has 2 rings (SSSR count). The minimum Gasteiger partial charge on any atom is -0.444 e. The quantitative estimate of drug-likeness (QED) is 0.686. The van der Waals surface area contributed by atoms with E-state index in [1.54, 1.807) is 32.6 Å². The van der Waals surface area contributed by atoms with Crippen molar-refractivity contribution >= 4 is 17.9 Å². The molecule has 0 bridgehead atoms. The highest BCUT2D eigenvalue weighted by atomic mass is 16.6. The fraction of sp³-hybridized carbons (Fsp3) is 0.625. The van der Waals surface area contributed by atoms with Gasteiger partial charge in [-0.15, -0.1) is 0 Å². The molecule has 1 aliphatic rings. The van der Waals surface area contributed by atoms with Gasteiger partial charge in [-0.05, 0) is 73.3 Å². The van der Waals surface area contributed by atoms with E-state index in [-0.39, 0.29) is 23.9 Å². The number of alkyl carbamates (subject to hydrolysis) is 1. The van der Waals surface area contributed by atoms with Crippen LogP contribution in [0.25, 0.3) is 0 Å². The Bertz CT molecular complexity index is 796. The van der Waals surface area contributed by atoms with Crippen LogP contribution in [-0.2, 0) is 14.3 Å². The number of rotatable bonds is 7. The Labute approximate surface area is 185 Å². The molecular formula is C24H37N3O4. The first-order chi connectivity index (χ1) is 14.4. The second-order valence-corrected chi connectivity index (χ2v) is 9.68. The van der Waals surface area contributed by atoms with Crippen LogP contribution in [0.2, 0.25) is 0 Å². The highest BCUT2D eigenvalue weighted by molar-refractivity contribution is 5.92. The Balaban J connectivity index is 2.36. The largest absolute Gasteiger partial charge is 0.444 e. The van der Waals surface area contributed by atoms with Crippen molar-refractivity contribution < 1.29 is 19.1 Å². The van der Waals surface area contributed by atoms with E-state index < -0.39 is 23.8 Å². The minimum atomic E-state index is -0.824. The predicted molar refractivity (Wildman–Crippen MR) is 121 cm³/mol. The molecule has 0 heterocycles. The Morgan fingerprint density at radius 3 is 2.23 bits per heavy atom. The minimum absolute atomic E-state index is 0.0428. The Morgan fingerprint density at radius 2 is 1.74 bits per heavy atom. The van der Waals surface area contributed by atoms with Crippen molar-refractivity contribution in [2.45, 2.75) is 97.5 Å². The van der Waals surface area contributed by atoms with Gasteiger partial charge in [0.15, 0.2) is 0 Å². The van der Waals surface area contributed by atoms with E-state index in [1.807, 2.05) is 45.0 Å². The lowest BCUT2D eigenvalue weighted by Crippen LogP contribution is -2.57. The van der Waals surface area contributed by atoms with E-state index in [1.165, 1.54) is 0 Å². The highest BCUT2D eigenvalue weighted by Crippen LogP contribution is 2.34. The van der Waals surface area contributed by atoms with Crippen molar-refractivity contribution in [2.24, 2.45) is 0 Å². The van der Waals surface area contributed by atoms with Crippen LogP contribution in [0.4, 0.5) is 4.79 Å². The van der Waals surface area contributed by atoms with Crippen LogP contribution in [-0.4, -0.2) is 46.5 Å². The van der Waals surface area contributed by atoms with E-state index >= 15 is 0 Å². The molecule has 2 unspecified atom stereocenters. The maximum Gasteiger partial charge on any atom is 0.408 e. The lowest BCUT2D eigenvalue weighted by atomic mass is 9.88. The van der Waals surface area contributed by atoms with E-state index in [0.717, 1.165) is 30.4 Å². The zero-order valence-corrected chi connectivity index (χ0v) is 19.8. The number of hydrogen-bond acceptors (Lipinski definition) is 4. The molecule has 2 atom stereocenters. The van der Waals surface area contributed by atoms with Gasteiger partial charge < -0.3 is 20.3 Å². The van der Waals surface area contributed by atoms with Crippen LogP contribution >= 0.6 is 0 Å². The molecule has 0 aromatic heterocycles. The summed E-state index contributed by atoms with van der Waals surface area (Å²) in [5.74, 6) is -0.508. The molecule has 7 heteroatoms. The lowest BCUT2D eigenvalue weighted by molar-refractivity contribution is -0.147. The van der Waals surface area contributed by atoms with Gasteiger partial charge in [-0.25, -0.2) is 4.79 Å². The molecule has 31 heavy (non-hydrogen) atoms. The number of amides is 3. The fourth-order valence-electron chi connectivity index (χ4n) is 3.59. The van der Waals surface area contributed by atoms with E-state index in [4.69, 9.17) is 4.74 Å². The topological polar surface area (TPSA) is 87.7 Å². The molecule has 0 radical (unpaired) electrons. The molecular weight excluding hydrogens is 394 g/mol. The van der Waals surface area contributed by atoms with Crippen LogP contribution < -0.4 is 10.6 Å². The van der Waals surface area contributed by atoms with Gasteiger partial charge >= 0.3 is 6.09 Å². The smallest absolute Gasteiger partial charge is 0.408 e. The standard InChI is InChI=1S/C24H37N3O4/c1-15(2)25-21(28)20(18-11-8-10-16(3)14-18)27(19-12-9-13-19)22(29)17(4)26-23(30)31-24(5,6)7/h8,10-11,14-15,17,19-20H,9,12-13H2,1-7H3,(H,25,28)(H,26,30). The average molecular weight is 432 g/mol. The fourth-order valence-corrected chi connectivity index (χ4v) is 3.59. The summed E-state index contributed by atoms with van der Waals surface area (Å²) in [5, 5.41) is 5.60. The molecule has 2 N–H and O–H groups in total. The summed E-state index contributed by atoms with van der Waals surface area (Å²) >= 11 is 0. The molecule has 1 aromatic carbocycles. The molecule has 1 fully saturated rings. The summed E-state index contributed by atoms with van der Waals surface area (Å²) in [6.45, 7) is 12.7. The second-order valence-electron chi connectivity index (χ2n) is 9.68. The summed E-state index contributed by atoms with van der Waals surface area (Å²) in [4.78, 5) is 40.7. The zero-order chi connectivity index (χ0) is 23.3. The third-order valence-corrected chi connectivity index (χ3v) is 5.14. The summed E-state index contributed by atoms with van der Waals surface area (Å²) < 4.78 is 5.30.